The van der Waals surface area contributed by atoms with Crippen LogP contribution in [-0.2, 0) is 4.74 Å². The summed E-state index contributed by atoms with van der Waals surface area (Å²) in [6.07, 6.45) is 1.46. The zero-order valence-corrected chi connectivity index (χ0v) is 10.1. The number of aromatic nitrogens is 1. The Labute approximate surface area is 101 Å². The van der Waals surface area contributed by atoms with Gasteiger partial charge in [0.1, 0.15) is 0 Å². The van der Waals surface area contributed by atoms with Crippen LogP contribution in [0.1, 0.15) is 29.0 Å². The van der Waals surface area contributed by atoms with E-state index < -0.39 is 0 Å². The number of hydrogen-bond acceptors (Lipinski definition) is 4. The number of nitrogens with two attached hydrogens (primary N) is 1. The number of rotatable bonds is 2. The molecule has 0 bridgehead atoms. The van der Waals surface area contributed by atoms with Crippen LogP contribution in [0.15, 0.2) is 18.3 Å². The van der Waals surface area contributed by atoms with Crippen LogP contribution in [0.5, 0.6) is 0 Å². The highest BCUT2D eigenvalue weighted by atomic mass is 35.5. The van der Waals surface area contributed by atoms with Gasteiger partial charge in [0.25, 0.3) is 0 Å². The Balaban J connectivity index is 0. The third-order valence-corrected chi connectivity index (χ3v) is 1.67. The van der Waals surface area contributed by atoms with E-state index in [-0.39, 0.29) is 36.8 Å². The lowest BCUT2D eigenvalue weighted by atomic mass is 10.2. The highest BCUT2D eigenvalue weighted by molar-refractivity contribution is 5.88. The van der Waals surface area contributed by atoms with Crippen molar-refractivity contribution in [2.24, 2.45) is 5.73 Å². The number of esters is 1. The summed E-state index contributed by atoms with van der Waals surface area (Å²) < 4.78 is 4.53. The molecule has 1 atom stereocenters. The van der Waals surface area contributed by atoms with Gasteiger partial charge >= 0.3 is 5.97 Å². The molecule has 1 heterocycles. The number of methoxy groups -OCH3 is 1. The first-order valence-corrected chi connectivity index (χ1v) is 3.95. The molecule has 0 saturated heterocycles. The largest absolute Gasteiger partial charge is 0.465 e. The summed E-state index contributed by atoms with van der Waals surface area (Å²) in [5.74, 6) is -0.385. The summed E-state index contributed by atoms with van der Waals surface area (Å²) in [7, 11) is 1.34. The second kappa shape index (κ2) is 7.45. The van der Waals surface area contributed by atoms with Crippen LogP contribution in [0, 0.1) is 0 Å². The summed E-state index contributed by atoms with van der Waals surface area (Å²) in [6.45, 7) is 1.83. The molecule has 6 heteroatoms. The summed E-state index contributed by atoms with van der Waals surface area (Å²) in [5, 5.41) is 0. The number of carbonyl (C=O) groups excluding carboxylic acids is 1. The lowest BCUT2D eigenvalue weighted by molar-refractivity contribution is 0.0600. The van der Waals surface area contributed by atoms with E-state index in [1.165, 1.54) is 13.3 Å². The molecule has 15 heavy (non-hydrogen) atoms. The van der Waals surface area contributed by atoms with E-state index in [4.69, 9.17) is 5.73 Å². The second-order valence-electron chi connectivity index (χ2n) is 2.75. The van der Waals surface area contributed by atoms with Gasteiger partial charge in [-0.05, 0) is 19.1 Å². The fourth-order valence-electron chi connectivity index (χ4n) is 0.913. The first-order valence-electron chi connectivity index (χ1n) is 3.95. The van der Waals surface area contributed by atoms with Crippen LogP contribution >= 0.6 is 24.8 Å². The van der Waals surface area contributed by atoms with Gasteiger partial charge in [0.15, 0.2) is 0 Å². The second-order valence-corrected chi connectivity index (χ2v) is 2.75. The molecule has 1 aromatic heterocycles. The Morgan fingerprint density at radius 3 is 2.40 bits per heavy atom. The number of halogens is 2. The average molecular weight is 253 g/mol. The van der Waals surface area contributed by atoms with Gasteiger partial charge in [0, 0.05) is 12.2 Å². The maximum absolute atomic E-state index is 11.0. The van der Waals surface area contributed by atoms with Crippen LogP contribution in [0.25, 0.3) is 0 Å². The molecule has 0 aliphatic heterocycles. The number of carbonyl (C=O) groups is 1. The normalized spacial score (nSPS) is 10.6. The lowest BCUT2D eigenvalue weighted by Gasteiger charge is -2.04. The molecule has 0 amide bonds. The monoisotopic (exact) mass is 252 g/mol. The molecule has 1 unspecified atom stereocenters. The Bertz CT molecular complexity index is 301. The highest BCUT2D eigenvalue weighted by Gasteiger charge is 2.06. The van der Waals surface area contributed by atoms with Crippen molar-refractivity contribution in [3.05, 3.63) is 29.6 Å². The SMILES string of the molecule is COC(=O)c1ccc(C(C)N)nc1.Cl.Cl. The topological polar surface area (TPSA) is 65.2 Å². The average Bonchev–Trinajstić information content (AvgIpc) is 2.17. The molecule has 1 aromatic rings. The van der Waals surface area contributed by atoms with Crippen molar-refractivity contribution >= 4 is 30.8 Å². The molecule has 0 radical (unpaired) electrons. The van der Waals surface area contributed by atoms with Crippen LogP contribution in [0.4, 0.5) is 0 Å². The van der Waals surface area contributed by atoms with Crippen molar-refractivity contribution in [2.45, 2.75) is 13.0 Å². The first kappa shape index (κ1) is 16.6. The van der Waals surface area contributed by atoms with Gasteiger partial charge < -0.3 is 10.5 Å². The highest BCUT2D eigenvalue weighted by Crippen LogP contribution is 2.07. The van der Waals surface area contributed by atoms with Gasteiger partial charge in [-0.2, -0.15) is 0 Å². The lowest BCUT2D eigenvalue weighted by Crippen LogP contribution is -2.08. The van der Waals surface area contributed by atoms with Crippen molar-refractivity contribution in [3.8, 4) is 0 Å². The molecule has 0 aromatic carbocycles. The fraction of sp³-hybridized carbons (Fsp3) is 0.333. The smallest absolute Gasteiger partial charge is 0.339 e. The Hall–Kier alpha value is -0.840. The summed E-state index contributed by atoms with van der Waals surface area (Å²) >= 11 is 0. The number of pyridine rings is 1. The van der Waals surface area contributed by atoms with Crippen LogP contribution < -0.4 is 5.73 Å². The van der Waals surface area contributed by atoms with Gasteiger partial charge in [-0.3, -0.25) is 4.98 Å². The number of ether oxygens (including phenoxy) is 1. The number of nitrogens with zero attached hydrogens (tertiary/aromatic N) is 1. The standard InChI is InChI=1S/C9H12N2O2.2ClH/c1-6(10)8-4-3-7(5-11-8)9(12)13-2;;/h3-6H,10H2,1-2H3;2*1H. The van der Waals surface area contributed by atoms with Gasteiger partial charge in [-0.15, -0.1) is 24.8 Å². The molecule has 2 N–H and O–H groups in total. The zero-order valence-electron chi connectivity index (χ0n) is 8.47. The Morgan fingerprint density at radius 1 is 1.47 bits per heavy atom. The zero-order chi connectivity index (χ0) is 9.84. The van der Waals surface area contributed by atoms with E-state index in [0.717, 1.165) is 5.69 Å². The fourth-order valence-corrected chi connectivity index (χ4v) is 0.913. The maximum atomic E-state index is 11.0. The van der Waals surface area contributed by atoms with Crippen LogP contribution in [0.3, 0.4) is 0 Å². The molecular weight excluding hydrogens is 239 g/mol. The van der Waals surface area contributed by atoms with Crippen LogP contribution in [-0.4, -0.2) is 18.1 Å². The summed E-state index contributed by atoms with van der Waals surface area (Å²) in [6, 6.07) is 3.25. The maximum Gasteiger partial charge on any atom is 0.339 e. The first-order chi connectivity index (χ1) is 6.15. The van der Waals surface area contributed by atoms with E-state index in [1.54, 1.807) is 12.1 Å². The van der Waals surface area contributed by atoms with Crippen molar-refractivity contribution in [1.82, 2.24) is 4.98 Å². The van der Waals surface area contributed by atoms with E-state index >= 15 is 0 Å². The van der Waals surface area contributed by atoms with E-state index in [9.17, 15) is 4.79 Å². The minimum Gasteiger partial charge on any atom is -0.465 e. The third-order valence-electron chi connectivity index (χ3n) is 1.67. The van der Waals surface area contributed by atoms with Gasteiger partial charge in [-0.25, -0.2) is 4.79 Å². The predicted molar refractivity (Wildman–Crippen MR) is 62.7 cm³/mol. The van der Waals surface area contributed by atoms with Crippen molar-refractivity contribution < 1.29 is 9.53 Å². The number of hydrogen-bond donors (Lipinski definition) is 1. The molecule has 86 valence electrons. The van der Waals surface area contributed by atoms with Gasteiger partial charge in [0.2, 0.25) is 0 Å². The molecule has 4 nitrogen and oxygen atoms in total. The molecule has 0 spiro atoms. The third kappa shape index (κ3) is 4.46. The van der Waals surface area contributed by atoms with E-state index in [1.807, 2.05) is 6.92 Å². The van der Waals surface area contributed by atoms with E-state index in [2.05, 4.69) is 9.72 Å². The quantitative estimate of drug-likeness (QED) is 0.815. The van der Waals surface area contributed by atoms with Crippen LogP contribution in [0.2, 0.25) is 0 Å². The van der Waals surface area contributed by atoms with Gasteiger partial charge in [0.05, 0.1) is 18.4 Å². The molecule has 0 aliphatic rings. The molecule has 0 saturated carbocycles. The van der Waals surface area contributed by atoms with Crippen molar-refractivity contribution in [3.63, 3.8) is 0 Å². The minimum atomic E-state index is -0.385. The summed E-state index contributed by atoms with van der Waals surface area (Å²) in [4.78, 5) is 15.0. The molecule has 0 aliphatic carbocycles. The summed E-state index contributed by atoms with van der Waals surface area (Å²) in [5.41, 5.74) is 6.79. The molecule has 0 fully saturated rings. The van der Waals surface area contributed by atoms with E-state index in [0.29, 0.717) is 5.56 Å². The molecular formula is C9H14Cl2N2O2. The minimum absolute atomic E-state index is 0. The molecule has 1 rings (SSSR count). The van der Waals surface area contributed by atoms with Crippen molar-refractivity contribution in [1.29, 1.82) is 0 Å². The Morgan fingerprint density at radius 2 is 2.07 bits per heavy atom. The Kier molecular flexibility index (Phi) is 8.24. The predicted octanol–water partition coefficient (Wildman–Crippen LogP) is 1.73. The van der Waals surface area contributed by atoms with Gasteiger partial charge in [-0.1, -0.05) is 0 Å². The van der Waals surface area contributed by atoms with Crippen molar-refractivity contribution in [2.75, 3.05) is 7.11 Å².